The average Bonchev–Trinajstić information content (AvgIpc) is 2.98. The van der Waals surface area contributed by atoms with Crippen LogP contribution in [0.5, 0.6) is 0 Å². The maximum Gasteiger partial charge on any atom is 0.145 e. The molecule has 0 amide bonds. The minimum absolute atomic E-state index is 1.04. The number of aryl methyl sites for hydroxylation is 5. The van der Waals surface area contributed by atoms with Crippen LogP contribution in [0, 0.1) is 34.6 Å². The summed E-state index contributed by atoms with van der Waals surface area (Å²) in [5.41, 5.74) is 11.0. The number of hydrogen-bond donors (Lipinski definition) is 0. The van der Waals surface area contributed by atoms with Crippen LogP contribution >= 0.6 is 0 Å². The molecular formula is C26H24N2. The summed E-state index contributed by atoms with van der Waals surface area (Å²) in [7, 11) is 0. The first kappa shape index (κ1) is 17.0. The lowest BCUT2D eigenvalue weighted by atomic mass is 9.96. The number of fused-ring (bicyclic) bond motifs is 6. The summed E-state index contributed by atoms with van der Waals surface area (Å²) in [6.45, 7) is 10.9. The maximum absolute atomic E-state index is 5.07. The summed E-state index contributed by atoms with van der Waals surface area (Å²) >= 11 is 0. The molecule has 2 aromatic heterocycles. The first-order chi connectivity index (χ1) is 13.5. The third-order valence-electron chi connectivity index (χ3n) is 5.82. The minimum atomic E-state index is 1.04. The van der Waals surface area contributed by atoms with Gasteiger partial charge in [-0.05, 0) is 62.8 Å². The van der Waals surface area contributed by atoms with Gasteiger partial charge in [-0.25, -0.2) is 4.98 Å². The number of pyridine rings is 1. The van der Waals surface area contributed by atoms with Gasteiger partial charge in [-0.2, -0.15) is 0 Å². The van der Waals surface area contributed by atoms with E-state index in [9.17, 15) is 0 Å². The van der Waals surface area contributed by atoms with Crippen molar-refractivity contribution in [1.82, 2.24) is 9.38 Å². The van der Waals surface area contributed by atoms with E-state index < -0.39 is 0 Å². The molecule has 0 bridgehead atoms. The van der Waals surface area contributed by atoms with E-state index >= 15 is 0 Å². The number of aromatic nitrogens is 2. The number of nitrogens with zero attached hydrogens (tertiary/aromatic N) is 2. The molecule has 138 valence electrons. The second-order valence-corrected chi connectivity index (χ2v) is 8.04. The number of benzene rings is 3. The molecule has 3 aromatic carbocycles. The molecule has 5 rings (SSSR count). The summed E-state index contributed by atoms with van der Waals surface area (Å²) in [5.74, 6) is 0. The van der Waals surface area contributed by atoms with Crippen molar-refractivity contribution in [3.63, 3.8) is 0 Å². The molecule has 0 saturated heterocycles. The Morgan fingerprint density at radius 2 is 1.36 bits per heavy atom. The van der Waals surface area contributed by atoms with Gasteiger partial charge in [0, 0.05) is 16.3 Å². The second-order valence-electron chi connectivity index (χ2n) is 8.04. The lowest BCUT2D eigenvalue weighted by Crippen LogP contribution is -1.98. The van der Waals surface area contributed by atoms with E-state index in [1.165, 1.54) is 55.2 Å². The smallest absolute Gasteiger partial charge is 0.145 e. The van der Waals surface area contributed by atoms with E-state index in [2.05, 4.69) is 93.6 Å². The van der Waals surface area contributed by atoms with Gasteiger partial charge >= 0.3 is 0 Å². The molecule has 0 radical (unpaired) electrons. The van der Waals surface area contributed by atoms with Crippen molar-refractivity contribution in [3.05, 3.63) is 82.5 Å². The Hall–Kier alpha value is -3.13. The Balaban J connectivity index is 2.08. The van der Waals surface area contributed by atoms with Crippen LogP contribution < -0.4 is 0 Å². The molecular weight excluding hydrogens is 340 g/mol. The Labute approximate surface area is 165 Å². The third-order valence-corrected chi connectivity index (χ3v) is 5.82. The molecule has 0 unspecified atom stereocenters. The lowest BCUT2D eigenvalue weighted by Gasteiger charge is -2.15. The first-order valence-corrected chi connectivity index (χ1v) is 9.84. The van der Waals surface area contributed by atoms with E-state index in [-0.39, 0.29) is 0 Å². The largest absolute Gasteiger partial charge is 0.291 e. The molecule has 0 aliphatic rings. The molecule has 0 aliphatic heterocycles. The highest BCUT2D eigenvalue weighted by molar-refractivity contribution is 6.12. The molecule has 0 aliphatic carbocycles. The van der Waals surface area contributed by atoms with Gasteiger partial charge in [0.15, 0.2) is 0 Å². The van der Waals surface area contributed by atoms with Crippen molar-refractivity contribution in [3.8, 4) is 11.3 Å². The van der Waals surface area contributed by atoms with Crippen LogP contribution in [0.1, 0.15) is 27.9 Å². The van der Waals surface area contributed by atoms with Crippen LogP contribution in [0.4, 0.5) is 0 Å². The molecule has 2 heteroatoms. The van der Waals surface area contributed by atoms with Crippen LogP contribution in [0.25, 0.3) is 38.6 Å². The van der Waals surface area contributed by atoms with Crippen LogP contribution in [0.2, 0.25) is 0 Å². The fourth-order valence-electron chi connectivity index (χ4n) is 4.76. The quantitative estimate of drug-likeness (QED) is 0.297. The van der Waals surface area contributed by atoms with E-state index in [4.69, 9.17) is 4.98 Å². The zero-order valence-electron chi connectivity index (χ0n) is 17.1. The molecule has 0 fully saturated rings. The van der Waals surface area contributed by atoms with E-state index in [0.717, 1.165) is 11.3 Å². The predicted octanol–water partition coefficient (Wildman–Crippen LogP) is 6.85. The summed E-state index contributed by atoms with van der Waals surface area (Å²) < 4.78 is 2.38. The second kappa shape index (κ2) is 5.93. The first-order valence-electron chi connectivity index (χ1n) is 9.84. The van der Waals surface area contributed by atoms with Gasteiger partial charge in [-0.3, -0.25) is 4.40 Å². The van der Waals surface area contributed by atoms with Gasteiger partial charge in [-0.1, -0.05) is 54.1 Å². The topological polar surface area (TPSA) is 17.3 Å². The fraction of sp³-hybridized carbons (Fsp3) is 0.192. The lowest BCUT2D eigenvalue weighted by molar-refractivity contribution is 1.22. The van der Waals surface area contributed by atoms with Gasteiger partial charge in [0.05, 0.1) is 16.9 Å². The molecule has 2 heterocycles. The third kappa shape index (κ3) is 2.31. The fourth-order valence-corrected chi connectivity index (χ4v) is 4.76. The summed E-state index contributed by atoms with van der Waals surface area (Å²) in [6.07, 6.45) is 0. The summed E-state index contributed by atoms with van der Waals surface area (Å²) in [4.78, 5) is 5.07. The maximum atomic E-state index is 5.07. The monoisotopic (exact) mass is 364 g/mol. The average molecular weight is 364 g/mol. The minimum Gasteiger partial charge on any atom is -0.291 e. The molecule has 0 atom stereocenters. The number of hydrogen-bond acceptors (Lipinski definition) is 1. The van der Waals surface area contributed by atoms with Gasteiger partial charge in [0.25, 0.3) is 0 Å². The SMILES string of the molecule is Cc1cc(C)c(-c2c(C)nc3c4ccccc4c4ccc(C)cc4n23)c(C)c1. The summed E-state index contributed by atoms with van der Waals surface area (Å²) in [5, 5.41) is 3.74. The Bertz CT molecular complexity index is 1380. The number of imidazole rings is 1. The Kier molecular flexibility index (Phi) is 3.60. The van der Waals surface area contributed by atoms with Gasteiger partial charge in [0.2, 0.25) is 0 Å². The van der Waals surface area contributed by atoms with Crippen LogP contribution in [-0.2, 0) is 0 Å². The molecule has 0 saturated carbocycles. The van der Waals surface area contributed by atoms with Gasteiger partial charge in [-0.15, -0.1) is 0 Å². The van der Waals surface area contributed by atoms with E-state index in [0.29, 0.717) is 0 Å². The predicted molar refractivity (Wildman–Crippen MR) is 119 cm³/mol. The van der Waals surface area contributed by atoms with Crippen molar-refractivity contribution in [2.24, 2.45) is 0 Å². The van der Waals surface area contributed by atoms with Crippen molar-refractivity contribution >= 4 is 27.3 Å². The Morgan fingerprint density at radius 3 is 2.07 bits per heavy atom. The summed E-state index contributed by atoms with van der Waals surface area (Å²) in [6, 6.07) is 19.9. The van der Waals surface area contributed by atoms with Gasteiger partial charge < -0.3 is 0 Å². The standard InChI is InChI=1S/C26H24N2/c1-15-10-11-21-20-8-6-7-9-22(20)26-27-19(5)25(28(26)23(21)14-15)24-17(3)12-16(2)13-18(24)4/h6-14H,1-5H3. The van der Waals surface area contributed by atoms with Crippen LogP contribution in [0.3, 0.4) is 0 Å². The highest BCUT2D eigenvalue weighted by atomic mass is 15.0. The molecule has 0 N–H and O–H groups in total. The van der Waals surface area contributed by atoms with Crippen molar-refractivity contribution in [1.29, 1.82) is 0 Å². The zero-order valence-corrected chi connectivity index (χ0v) is 17.1. The highest BCUT2D eigenvalue weighted by Gasteiger charge is 2.19. The van der Waals surface area contributed by atoms with Crippen LogP contribution in [0.15, 0.2) is 54.6 Å². The molecule has 2 nitrogen and oxygen atoms in total. The highest BCUT2D eigenvalue weighted by Crippen LogP contribution is 2.37. The zero-order chi connectivity index (χ0) is 19.6. The Morgan fingerprint density at radius 1 is 0.679 bits per heavy atom. The van der Waals surface area contributed by atoms with E-state index in [1.807, 2.05) is 0 Å². The molecule has 0 spiro atoms. The van der Waals surface area contributed by atoms with Gasteiger partial charge in [0.1, 0.15) is 5.65 Å². The molecule has 5 aromatic rings. The van der Waals surface area contributed by atoms with Crippen molar-refractivity contribution in [2.45, 2.75) is 34.6 Å². The normalized spacial score (nSPS) is 11.8. The van der Waals surface area contributed by atoms with Crippen molar-refractivity contribution < 1.29 is 0 Å². The van der Waals surface area contributed by atoms with Crippen LogP contribution in [-0.4, -0.2) is 9.38 Å². The number of rotatable bonds is 1. The molecule has 28 heavy (non-hydrogen) atoms. The van der Waals surface area contributed by atoms with Crippen molar-refractivity contribution in [2.75, 3.05) is 0 Å². The van der Waals surface area contributed by atoms with E-state index in [1.54, 1.807) is 0 Å².